The number of halogens is 5. The van der Waals surface area contributed by atoms with E-state index in [0.29, 0.717) is 0 Å². The minimum absolute atomic E-state index is 0.605. The van der Waals surface area contributed by atoms with Crippen molar-refractivity contribution in [3.8, 4) is 0 Å². The van der Waals surface area contributed by atoms with Gasteiger partial charge in [-0.05, 0) is 17.9 Å². The lowest BCUT2D eigenvalue weighted by atomic mass is 9.81. The van der Waals surface area contributed by atoms with E-state index in [4.69, 9.17) is 5.73 Å². The SMILES string of the molecule is Cc1c(F)c(N)c(F)c(C(C)(C)C)c1C(F)(F)F. The Balaban J connectivity index is 3.89. The summed E-state index contributed by atoms with van der Waals surface area (Å²) in [6, 6.07) is 0. The van der Waals surface area contributed by atoms with Crippen LogP contribution in [0, 0.1) is 18.6 Å². The van der Waals surface area contributed by atoms with E-state index in [1.54, 1.807) is 0 Å². The highest BCUT2D eigenvalue weighted by atomic mass is 19.4. The molecule has 0 aliphatic heterocycles. The molecule has 1 aromatic carbocycles. The van der Waals surface area contributed by atoms with Crippen LogP contribution < -0.4 is 5.73 Å². The summed E-state index contributed by atoms with van der Waals surface area (Å²) in [5.41, 5.74) is 0.609. The van der Waals surface area contributed by atoms with Gasteiger partial charge in [-0.3, -0.25) is 0 Å². The molecule has 0 spiro atoms. The largest absolute Gasteiger partial charge is 0.417 e. The number of benzene rings is 1. The van der Waals surface area contributed by atoms with Gasteiger partial charge < -0.3 is 5.73 Å². The molecule has 18 heavy (non-hydrogen) atoms. The van der Waals surface area contributed by atoms with Gasteiger partial charge in [0.05, 0.1) is 5.56 Å². The highest BCUT2D eigenvalue weighted by Gasteiger charge is 2.42. The number of nitrogens with two attached hydrogens (primary N) is 1. The van der Waals surface area contributed by atoms with Crippen molar-refractivity contribution in [1.29, 1.82) is 0 Å². The first kappa shape index (κ1) is 14.7. The summed E-state index contributed by atoms with van der Waals surface area (Å²) in [7, 11) is 0. The van der Waals surface area contributed by atoms with Crippen LogP contribution in [0.1, 0.15) is 37.5 Å². The van der Waals surface area contributed by atoms with Crippen molar-refractivity contribution in [2.45, 2.75) is 39.3 Å². The van der Waals surface area contributed by atoms with E-state index in [1.807, 2.05) is 0 Å². The zero-order valence-electron chi connectivity index (χ0n) is 10.5. The van der Waals surface area contributed by atoms with E-state index in [1.165, 1.54) is 20.8 Å². The van der Waals surface area contributed by atoms with E-state index >= 15 is 0 Å². The zero-order chi connectivity index (χ0) is 14.5. The zero-order valence-corrected chi connectivity index (χ0v) is 10.5. The molecule has 0 aromatic heterocycles. The van der Waals surface area contributed by atoms with Gasteiger partial charge in [-0.1, -0.05) is 20.8 Å². The van der Waals surface area contributed by atoms with Crippen molar-refractivity contribution in [1.82, 2.24) is 0 Å². The second-order valence-electron chi connectivity index (χ2n) is 5.16. The molecular weight excluding hydrogens is 253 g/mol. The smallest absolute Gasteiger partial charge is 0.394 e. The van der Waals surface area contributed by atoms with Gasteiger partial charge >= 0.3 is 6.18 Å². The third-order valence-electron chi connectivity index (χ3n) is 2.68. The van der Waals surface area contributed by atoms with E-state index in [2.05, 4.69) is 0 Å². The fraction of sp³-hybridized carbons (Fsp3) is 0.500. The second-order valence-corrected chi connectivity index (χ2v) is 5.16. The van der Waals surface area contributed by atoms with Gasteiger partial charge in [-0.25, -0.2) is 8.78 Å². The van der Waals surface area contributed by atoms with Gasteiger partial charge in [0, 0.05) is 5.56 Å². The summed E-state index contributed by atoms with van der Waals surface area (Å²) in [6.45, 7) is 5.19. The lowest BCUT2D eigenvalue weighted by molar-refractivity contribution is -0.139. The Bertz CT molecular complexity index is 438. The Labute approximate surface area is 102 Å². The molecule has 1 rings (SSSR count). The Morgan fingerprint density at radius 3 is 1.67 bits per heavy atom. The fourth-order valence-corrected chi connectivity index (χ4v) is 1.90. The molecule has 0 saturated heterocycles. The number of anilines is 1. The van der Waals surface area contributed by atoms with E-state index in [0.717, 1.165) is 6.92 Å². The minimum Gasteiger partial charge on any atom is -0.394 e. The molecule has 102 valence electrons. The van der Waals surface area contributed by atoms with Gasteiger partial charge in [0.15, 0.2) is 11.6 Å². The third-order valence-corrected chi connectivity index (χ3v) is 2.68. The van der Waals surface area contributed by atoms with Crippen LogP contribution in [0.5, 0.6) is 0 Å². The Morgan fingerprint density at radius 1 is 0.889 bits per heavy atom. The number of rotatable bonds is 0. The molecule has 0 aliphatic rings. The summed E-state index contributed by atoms with van der Waals surface area (Å²) in [5.74, 6) is -2.69. The van der Waals surface area contributed by atoms with Crippen molar-refractivity contribution in [3.63, 3.8) is 0 Å². The minimum atomic E-state index is -4.83. The van der Waals surface area contributed by atoms with Gasteiger partial charge in [0.2, 0.25) is 0 Å². The maximum absolute atomic E-state index is 13.9. The molecule has 0 bridgehead atoms. The highest BCUT2D eigenvalue weighted by Crippen LogP contribution is 2.43. The van der Waals surface area contributed by atoms with Crippen LogP contribution in [0.15, 0.2) is 0 Å². The monoisotopic (exact) mass is 267 g/mol. The molecule has 0 fully saturated rings. The normalized spacial score (nSPS) is 12.9. The van der Waals surface area contributed by atoms with Crippen molar-refractivity contribution >= 4 is 5.69 Å². The maximum atomic E-state index is 13.9. The quantitative estimate of drug-likeness (QED) is 0.554. The second kappa shape index (κ2) is 4.10. The molecule has 0 aliphatic carbocycles. The average molecular weight is 267 g/mol. The molecule has 6 heteroatoms. The van der Waals surface area contributed by atoms with E-state index in [9.17, 15) is 22.0 Å². The topological polar surface area (TPSA) is 26.0 Å². The van der Waals surface area contributed by atoms with Crippen molar-refractivity contribution in [3.05, 3.63) is 28.3 Å². The Kier molecular flexibility index (Phi) is 3.36. The van der Waals surface area contributed by atoms with Crippen LogP contribution in [0.3, 0.4) is 0 Å². The van der Waals surface area contributed by atoms with Crippen LogP contribution in [0.2, 0.25) is 0 Å². The molecular formula is C12H14F5N. The number of nitrogen functional groups attached to an aromatic ring is 1. The molecule has 0 unspecified atom stereocenters. The first-order valence-electron chi connectivity index (χ1n) is 5.23. The van der Waals surface area contributed by atoms with Crippen molar-refractivity contribution in [2.24, 2.45) is 0 Å². The molecule has 1 nitrogen and oxygen atoms in total. The Hall–Kier alpha value is -1.33. The summed E-state index contributed by atoms with van der Waals surface area (Å²) in [4.78, 5) is 0. The van der Waals surface area contributed by atoms with Gasteiger partial charge in [0.1, 0.15) is 5.69 Å². The lowest BCUT2D eigenvalue weighted by Crippen LogP contribution is -2.25. The van der Waals surface area contributed by atoms with Gasteiger partial charge in [0.25, 0.3) is 0 Å². The van der Waals surface area contributed by atoms with Crippen LogP contribution in [-0.4, -0.2) is 0 Å². The fourth-order valence-electron chi connectivity index (χ4n) is 1.90. The standard InChI is InChI=1S/C12H14F5N/c1-5-6(12(15,16)17)7(11(2,3)4)9(14)10(18)8(5)13/h18H2,1-4H3. The predicted molar refractivity (Wildman–Crippen MR) is 59.2 cm³/mol. The molecule has 0 radical (unpaired) electrons. The molecule has 1 aromatic rings. The number of alkyl halides is 3. The summed E-state index contributed by atoms with van der Waals surface area (Å²) in [6.07, 6.45) is -4.83. The van der Waals surface area contributed by atoms with E-state index < -0.39 is 45.6 Å². The van der Waals surface area contributed by atoms with Crippen LogP contribution in [0.25, 0.3) is 0 Å². The molecule has 0 saturated carbocycles. The van der Waals surface area contributed by atoms with Gasteiger partial charge in [-0.15, -0.1) is 0 Å². The predicted octanol–water partition coefficient (Wildman–Crippen LogP) is 4.17. The van der Waals surface area contributed by atoms with Crippen LogP contribution in [0.4, 0.5) is 27.6 Å². The number of hydrogen-bond donors (Lipinski definition) is 1. The van der Waals surface area contributed by atoms with Crippen molar-refractivity contribution in [2.75, 3.05) is 5.73 Å². The molecule has 0 atom stereocenters. The first-order chi connectivity index (χ1) is 7.89. The van der Waals surface area contributed by atoms with E-state index in [-0.39, 0.29) is 0 Å². The molecule has 0 amide bonds. The summed E-state index contributed by atoms with van der Waals surface area (Å²) in [5, 5.41) is 0. The summed E-state index contributed by atoms with van der Waals surface area (Å²) < 4.78 is 66.2. The first-order valence-corrected chi connectivity index (χ1v) is 5.23. The maximum Gasteiger partial charge on any atom is 0.417 e. The molecule has 2 N–H and O–H groups in total. The van der Waals surface area contributed by atoms with Gasteiger partial charge in [-0.2, -0.15) is 13.2 Å². The Morgan fingerprint density at radius 2 is 1.33 bits per heavy atom. The average Bonchev–Trinajstić information content (AvgIpc) is 2.16. The number of hydrogen-bond acceptors (Lipinski definition) is 1. The summed E-state index contributed by atoms with van der Waals surface area (Å²) >= 11 is 0. The third kappa shape index (κ3) is 2.28. The van der Waals surface area contributed by atoms with Crippen LogP contribution in [-0.2, 0) is 11.6 Å². The van der Waals surface area contributed by atoms with Crippen molar-refractivity contribution < 1.29 is 22.0 Å². The lowest BCUT2D eigenvalue weighted by Gasteiger charge is -2.27. The molecule has 0 heterocycles. The highest BCUT2D eigenvalue weighted by molar-refractivity contribution is 5.55. The van der Waals surface area contributed by atoms with Crippen LogP contribution >= 0.6 is 0 Å².